The van der Waals surface area contributed by atoms with Gasteiger partial charge in [-0.25, -0.2) is 0 Å². The van der Waals surface area contributed by atoms with Crippen molar-refractivity contribution < 1.29 is 4.42 Å². The first-order valence-corrected chi connectivity index (χ1v) is 14.2. The molecule has 0 aliphatic heterocycles. The topological polar surface area (TPSA) is 91.2 Å². The second-order valence-corrected chi connectivity index (χ2v) is 10.5. The van der Waals surface area contributed by atoms with Crippen molar-refractivity contribution in [2.24, 2.45) is 17.2 Å². The van der Waals surface area contributed by atoms with E-state index < -0.39 is 5.41 Å². The molecule has 5 rings (SSSR count). The number of furan rings is 1. The van der Waals surface area contributed by atoms with Crippen molar-refractivity contribution in [3.05, 3.63) is 156 Å². The predicted octanol–water partition coefficient (Wildman–Crippen LogP) is 8.63. The van der Waals surface area contributed by atoms with E-state index in [4.69, 9.17) is 15.9 Å². The molecular weight excluding hydrogens is 514 g/mol. The molecule has 0 amide bonds. The lowest BCUT2D eigenvalue weighted by Gasteiger charge is -2.37. The Balaban J connectivity index is 0.00000198. The highest BCUT2D eigenvalue weighted by Gasteiger charge is 2.37. The molecule has 4 heteroatoms. The average molecular weight is 556 g/mol. The van der Waals surface area contributed by atoms with Crippen molar-refractivity contribution in [2.75, 3.05) is 7.05 Å². The first-order chi connectivity index (χ1) is 20.4. The maximum atomic E-state index is 7.36. The van der Waals surface area contributed by atoms with Crippen LogP contribution in [0.15, 0.2) is 132 Å². The minimum Gasteiger partial charge on any atom is -0.455 e. The minimum atomic E-state index is -0.485. The Kier molecular flexibility index (Phi) is 9.64. The van der Waals surface area contributed by atoms with Crippen LogP contribution >= 0.6 is 0 Å². The molecule has 6 N–H and O–H groups in total. The normalized spacial score (nSPS) is 13.3. The number of hydrogen-bond donors (Lipinski definition) is 3. The maximum Gasteiger partial charge on any atom is 0.142 e. The molecule has 0 radical (unpaired) electrons. The Bertz CT molecular complexity index is 1720. The summed E-state index contributed by atoms with van der Waals surface area (Å²) in [5, 5.41) is 2.08. The van der Waals surface area contributed by atoms with Gasteiger partial charge in [0, 0.05) is 27.8 Å². The van der Waals surface area contributed by atoms with Gasteiger partial charge in [0.15, 0.2) is 0 Å². The van der Waals surface area contributed by atoms with Crippen molar-refractivity contribution in [1.82, 2.24) is 0 Å². The summed E-state index contributed by atoms with van der Waals surface area (Å²) < 4.78 is 6.60. The Labute approximate surface area is 249 Å². The molecule has 42 heavy (non-hydrogen) atoms. The highest BCUT2D eigenvalue weighted by Crippen LogP contribution is 2.46. The first-order valence-electron chi connectivity index (χ1n) is 14.2. The standard InChI is InChI=1S/C37H36N2O.CH5N/c1-5-14-25(2)27-23-31(26(3)15-13-22-38)35-32(24-27)34-30(20-12-21-33(34)40-35)36(39)37(4,28-16-8-6-9-17-28)29-18-10-7-11-19-29;1-2/h5-24,36H,1,38-39H2,2-4H3;2H2,1H3/b22-13-,25-14+,26-15+;. The van der Waals surface area contributed by atoms with Gasteiger partial charge < -0.3 is 21.6 Å². The molecule has 1 aromatic heterocycles. The fraction of sp³-hybridized carbons (Fsp3) is 0.158. The van der Waals surface area contributed by atoms with E-state index in [2.05, 4.69) is 99.8 Å². The molecule has 0 fully saturated rings. The van der Waals surface area contributed by atoms with Crippen molar-refractivity contribution in [1.29, 1.82) is 0 Å². The second-order valence-electron chi connectivity index (χ2n) is 10.5. The number of fused-ring (bicyclic) bond motifs is 3. The molecule has 5 aromatic rings. The Hall–Kier alpha value is -4.64. The SMILES string of the molecule is C=C/C=C(\C)c1cc(/C(C)=C/C=C\N)c2oc3cccc(C(N)C(C)(c4ccccc4)c4ccccc4)c3c2c1.CN. The van der Waals surface area contributed by atoms with Gasteiger partial charge in [-0.2, -0.15) is 0 Å². The summed E-state index contributed by atoms with van der Waals surface area (Å²) in [7, 11) is 1.50. The lowest BCUT2D eigenvalue weighted by atomic mass is 9.68. The lowest BCUT2D eigenvalue weighted by molar-refractivity contribution is 0.459. The van der Waals surface area contributed by atoms with Crippen molar-refractivity contribution in [2.45, 2.75) is 32.2 Å². The molecule has 4 aromatic carbocycles. The smallest absolute Gasteiger partial charge is 0.142 e. The second kappa shape index (κ2) is 13.3. The maximum absolute atomic E-state index is 7.36. The predicted molar refractivity (Wildman–Crippen MR) is 181 cm³/mol. The van der Waals surface area contributed by atoms with Crippen molar-refractivity contribution in [3.8, 4) is 0 Å². The average Bonchev–Trinajstić information content (AvgIpc) is 3.43. The van der Waals surface area contributed by atoms with Crippen LogP contribution in [0.4, 0.5) is 0 Å². The van der Waals surface area contributed by atoms with E-state index in [9.17, 15) is 0 Å². The number of benzene rings is 4. The van der Waals surface area contributed by atoms with Gasteiger partial charge in [-0.15, -0.1) is 0 Å². The number of hydrogen-bond acceptors (Lipinski definition) is 4. The molecule has 1 unspecified atom stereocenters. The molecule has 4 nitrogen and oxygen atoms in total. The molecule has 1 heterocycles. The summed E-state index contributed by atoms with van der Waals surface area (Å²) in [5.74, 6) is 0. The van der Waals surface area contributed by atoms with Crippen LogP contribution in [0.2, 0.25) is 0 Å². The molecule has 1 atom stereocenters. The third-order valence-electron chi connectivity index (χ3n) is 8.04. The van der Waals surface area contributed by atoms with Gasteiger partial charge >= 0.3 is 0 Å². The van der Waals surface area contributed by atoms with E-state index in [1.165, 1.54) is 13.2 Å². The lowest BCUT2D eigenvalue weighted by Crippen LogP contribution is -2.37. The summed E-state index contributed by atoms with van der Waals surface area (Å²) in [6, 6.07) is 31.3. The van der Waals surface area contributed by atoms with E-state index in [1.54, 1.807) is 0 Å². The van der Waals surface area contributed by atoms with E-state index in [0.29, 0.717) is 0 Å². The van der Waals surface area contributed by atoms with Gasteiger partial charge in [0.05, 0.1) is 0 Å². The van der Waals surface area contributed by atoms with Crippen LogP contribution in [0.3, 0.4) is 0 Å². The van der Waals surface area contributed by atoms with Gasteiger partial charge in [-0.3, -0.25) is 0 Å². The van der Waals surface area contributed by atoms with Crippen LogP contribution in [0.5, 0.6) is 0 Å². The summed E-state index contributed by atoms with van der Waals surface area (Å²) in [6.07, 6.45) is 9.24. The highest BCUT2D eigenvalue weighted by molar-refractivity contribution is 6.11. The van der Waals surface area contributed by atoms with Crippen molar-refractivity contribution >= 4 is 33.1 Å². The molecule has 0 saturated carbocycles. The number of nitrogens with two attached hydrogens (primary N) is 3. The van der Waals surface area contributed by atoms with E-state index in [0.717, 1.165) is 60.9 Å². The van der Waals surface area contributed by atoms with Gasteiger partial charge in [0.1, 0.15) is 11.2 Å². The zero-order valence-corrected chi connectivity index (χ0v) is 25.0. The van der Waals surface area contributed by atoms with Gasteiger partial charge in [0.2, 0.25) is 0 Å². The molecule has 214 valence electrons. The Morgan fingerprint density at radius 1 is 0.833 bits per heavy atom. The van der Waals surface area contributed by atoms with Gasteiger partial charge in [0.25, 0.3) is 0 Å². The Morgan fingerprint density at radius 2 is 1.45 bits per heavy atom. The highest BCUT2D eigenvalue weighted by atomic mass is 16.3. The molecular formula is C38H41N3O. The van der Waals surface area contributed by atoms with E-state index in [-0.39, 0.29) is 6.04 Å². The van der Waals surface area contributed by atoms with Crippen LogP contribution in [0.25, 0.3) is 33.1 Å². The molecule has 0 saturated heterocycles. The number of allylic oxidation sites excluding steroid dienone is 6. The van der Waals surface area contributed by atoms with Crippen molar-refractivity contribution in [3.63, 3.8) is 0 Å². The zero-order chi connectivity index (χ0) is 30.3. The van der Waals surface area contributed by atoms with E-state index >= 15 is 0 Å². The largest absolute Gasteiger partial charge is 0.455 e. The third kappa shape index (κ3) is 5.60. The summed E-state index contributed by atoms with van der Waals surface area (Å²) in [6.45, 7) is 10.3. The monoisotopic (exact) mass is 555 g/mol. The van der Waals surface area contributed by atoms with Gasteiger partial charge in [-0.05, 0) is 91.7 Å². The van der Waals surface area contributed by atoms with E-state index in [1.807, 2.05) is 48.6 Å². The minimum absolute atomic E-state index is 0.351. The van der Waals surface area contributed by atoms with Crippen LogP contribution in [0.1, 0.15) is 54.6 Å². The molecule has 0 bridgehead atoms. The fourth-order valence-electron chi connectivity index (χ4n) is 5.70. The van der Waals surface area contributed by atoms with Crippen LogP contribution < -0.4 is 17.2 Å². The van der Waals surface area contributed by atoms with Crippen LogP contribution in [-0.2, 0) is 5.41 Å². The van der Waals surface area contributed by atoms with Gasteiger partial charge in [-0.1, -0.05) is 97.6 Å². The molecule has 0 aliphatic carbocycles. The molecule has 0 spiro atoms. The summed E-state index contributed by atoms with van der Waals surface area (Å²) >= 11 is 0. The van der Waals surface area contributed by atoms with Crippen LogP contribution in [0, 0.1) is 0 Å². The Morgan fingerprint density at radius 3 is 2.02 bits per heavy atom. The number of rotatable bonds is 8. The first kappa shape index (κ1) is 30.3. The quantitative estimate of drug-likeness (QED) is 0.167. The summed E-state index contributed by atoms with van der Waals surface area (Å²) in [5.41, 5.74) is 26.4. The zero-order valence-electron chi connectivity index (χ0n) is 25.0. The summed E-state index contributed by atoms with van der Waals surface area (Å²) in [4.78, 5) is 0. The van der Waals surface area contributed by atoms with Crippen LogP contribution in [-0.4, -0.2) is 7.05 Å². The molecule has 0 aliphatic rings. The fourth-order valence-corrected chi connectivity index (χ4v) is 5.70. The third-order valence-corrected chi connectivity index (χ3v) is 8.04.